The second-order valence-corrected chi connectivity index (χ2v) is 11.7. The summed E-state index contributed by atoms with van der Waals surface area (Å²) in [5.41, 5.74) is 2.45. The van der Waals surface area contributed by atoms with Gasteiger partial charge in [0.2, 0.25) is 0 Å². The molecule has 3 aromatic rings. The highest BCUT2D eigenvalue weighted by Crippen LogP contribution is 2.89. The van der Waals surface area contributed by atoms with E-state index in [9.17, 15) is 0 Å². The Morgan fingerprint density at radius 2 is 1.03 bits per heavy atom. The van der Waals surface area contributed by atoms with Gasteiger partial charge in [0.25, 0.3) is 0 Å². The maximum Gasteiger partial charge on any atom is 0.158 e. The molecule has 0 unspecified atom stereocenters. The first kappa shape index (κ1) is 20.4. The van der Waals surface area contributed by atoms with Crippen molar-refractivity contribution in [1.29, 1.82) is 0 Å². The second kappa shape index (κ2) is 6.43. The van der Waals surface area contributed by atoms with Gasteiger partial charge in [-0.05, 0) is 29.2 Å². The summed E-state index contributed by atoms with van der Waals surface area (Å²) in [5, 5.41) is 0. The summed E-state index contributed by atoms with van der Waals surface area (Å²) in [6, 6.07) is 28.3. The van der Waals surface area contributed by atoms with Gasteiger partial charge in [0.1, 0.15) is 11.2 Å². The Morgan fingerprint density at radius 1 is 0.613 bits per heavy atom. The minimum absolute atomic E-state index is 0.0552. The average molecular weight is 490 g/mol. The summed E-state index contributed by atoms with van der Waals surface area (Å²) in [6.07, 6.45) is 0. The van der Waals surface area contributed by atoms with E-state index in [1.54, 1.807) is 0 Å². The summed E-state index contributed by atoms with van der Waals surface area (Å²) in [7, 11) is 0. The van der Waals surface area contributed by atoms with E-state index < -0.39 is 19.9 Å². The topological polar surface area (TPSA) is 9.23 Å². The molecule has 2 aliphatic carbocycles. The number of fused-ring (bicyclic) bond motifs is 2. The Morgan fingerprint density at radius 3 is 1.48 bits per heavy atom. The smallest absolute Gasteiger partial charge is 0.158 e. The molecule has 3 aliphatic rings. The van der Waals surface area contributed by atoms with Crippen LogP contribution in [0.1, 0.15) is 28.2 Å². The number of aryl methyl sites for hydroxylation is 1. The standard InChI is InChI=1S/C26H20Cl4O/c1-16-10-8-9-15-19(16)20-21-23(25(21,27)28,17-11-4-2-5-12-17)31-24(22(20)26(24,29)30)18-13-6-3-7-14-18/h2-15,20-22H,1H3/t21-,22-,23+,24+/m1/s1. The quantitative estimate of drug-likeness (QED) is 0.346. The second-order valence-electron chi connectivity index (χ2n) is 8.89. The van der Waals surface area contributed by atoms with E-state index in [4.69, 9.17) is 51.1 Å². The van der Waals surface area contributed by atoms with Crippen LogP contribution in [0.15, 0.2) is 84.9 Å². The van der Waals surface area contributed by atoms with E-state index in [1.807, 2.05) is 72.8 Å². The van der Waals surface area contributed by atoms with Gasteiger partial charge in [0, 0.05) is 17.8 Å². The Kier molecular flexibility index (Phi) is 4.23. The molecule has 1 heterocycles. The first-order valence-corrected chi connectivity index (χ1v) is 11.9. The zero-order chi connectivity index (χ0) is 21.6. The molecule has 3 aromatic carbocycles. The van der Waals surface area contributed by atoms with Crippen molar-refractivity contribution in [1.82, 2.24) is 0 Å². The lowest BCUT2D eigenvalue weighted by molar-refractivity contribution is -0.100. The first-order valence-electron chi connectivity index (χ1n) is 10.4. The highest BCUT2D eigenvalue weighted by molar-refractivity contribution is 6.54. The minimum Gasteiger partial charge on any atom is -0.352 e. The maximum atomic E-state index is 7.08. The van der Waals surface area contributed by atoms with Gasteiger partial charge >= 0.3 is 0 Å². The average Bonchev–Trinajstić information content (AvgIpc) is 3.51. The minimum atomic E-state index is -1.10. The molecule has 6 rings (SSSR count). The number of alkyl halides is 4. The molecule has 0 N–H and O–H groups in total. The van der Waals surface area contributed by atoms with Crippen molar-refractivity contribution in [3.63, 3.8) is 0 Å². The third-order valence-electron chi connectivity index (χ3n) is 7.47. The number of ether oxygens (including phenoxy) is 1. The van der Waals surface area contributed by atoms with Gasteiger partial charge in [-0.2, -0.15) is 0 Å². The van der Waals surface area contributed by atoms with Gasteiger partial charge in [0.15, 0.2) is 8.67 Å². The fourth-order valence-corrected chi connectivity index (χ4v) is 8.03. The van der Waals surface area contributed by atoms with Crippen molar-refractivity contribution < 1.29 is 4.74 Å². The zero-order valence-electron chi connectivity index (χ0n) is 16.7. The van der Waals surface area contributed by atoms with E-state index >= 15 is 0 Å². The Labute approximate surface area is 202 Å². The molecule has 0 spiro atoms. The molecule has 158 valence electrons. The predicted molar refractivity (Wildman–Crippen MR) is 127 cm³/mol. The van der Waals surface area contributed by atoms with Crippen LogP contribution in [0.4, 0.5) is 0 Å². The lowest BCUT2D eigenvalue weighted by Crippen LogP contribution is -2.35. The molecule has 31 heavy (non-hydrogen) atoms. The Hall–Kier alpha value is -1.22. The van der Waals surface area contributed by atoms with E-state index in [0.717, 1.165) is 11.1 Å². The van der Waals surface area contributed by atoms with Crippen LogP contribution in [-0.4, -0.2) is 8.67 Å². The summed E-state index contributed by atoms with van der Waals surface area (Å²) >= 11 is 28.3. The molecule has 4 atom stereocenters. The fraction of sp³-hybridized carbons (Fsp3) is 0.308. The number of rotatable bonds is 3. The van der Waals surface area contributed by atoms with Crippen LogP contribution in [0, 0.1) is 18.8 Å². The van der Waals surface area contributed by atoms with Crippen molar-refractivity contribution in [2.45, 2.75) is 32.7 Å². The third-order valence-corrected chi connectivity index (χ3v) is 9.54. The number of hydrogen-bond acceptors (Lipinski definition) is 1. The molecule has 3 fully saturated rings. The van der Waals surface area contributed by atoms with Gasteiger partial charge < -0.3 is 4.74 Å². The van der Waals surface area contributed by atoms with Crippen LogP contribution in [-0.2, 0) is 15.9 Å². The highest BCUT2D eigenvalue weighted by atomic mass is 35.5. The summed E-state index contributed by atoms with van der Waals surface area (Å²) < 4.78 is 4.78. The van der Waals surface area contributed by atoms with Gasteiger partial charge in [-0.1, -0.05) is 131 Å². The number of halogens is 4. The molecular weight excluding hydrogens is 470 g/mol. The normalized spacial score (nSPS) is 36.2. The van der Waals surface area contributed by atoms with Gasteiger partial charge in [-0.15, -0.1) is 0 Å². The molecule has 1 saturated heterocycles. The fourth-order valence-electron chi connectivity index (χ4n) is 6.03. The summed E-state index contributed by atoms with van der Waals surface area (Å²) in [6.45, 7) is 2.11. The van der Waals surface area contributed by atoms with Crippen LogP contribution in [0.25, 0.3) is 0 Å². The van der Waals surface area contributed by atoms with Crippen LogP contribution >= 0.6 is 46.4 Å². The zero-order valence-corrected chi connectivity index (χ0v) is 19.8. The predicted octanol–water partition coefficient (Wildman–Crippen LogP) is 7.51. The molecule has 0 bridgehead atoms. The van der Waals surface area contributed by atoms with Crippen molar-refractivity contribution in [2.75, 3.05) is 0 Å². The Balaban J connectivity index is 1.62. The number of benzene rings is 3. The van der Waals surface area contributed by atoms with Gasteiger partial charge in [-0.3, -0.25) is 0 Å². The number of hydrogen-bond donors (Lipinski definition) is 0. The molecule has 0 radical (unpaired) electrons. The third kappa shape index (κ3) is 2.35. The van der Waals surface area contributed by atoms with Crippen molar-refractivity contribution >= 4 is 46.4 Å². The summed E-state index contributed by atoms with van der Waals surface area (Å²) in [5.74, 6) is -0.401. The lowest BCUT2D eigenvalue weighted by atomic mass is 9.80. The van der Waals surface area contributed by atoms with E-state index in [1.165, 1.54) is 11.1 Å². The molecule has 1 nitrogen and oxygen atoms in total. The monoisotopic (exact) mass is 488 g/mol. The van der Waals surface area contributed by atoms with Crippen molar-refractivity contribution in [3.8, 4) is 0 Å². The van der Waals surface area contributed by atoms with Gasteiger partial charge in [0.05, 0.1) is 0 Å². The van der Waals surface area contributed by atoms with Crippen LogP contribution in [0.5, 0.6) is 0 Å². The van der Waals surface area contributed by atoms with Crippen LogP contribution in [0.3, 0.4) is 0 Å². The van der Waals surface area contributed by atoms with E-state index in [-0.39, 0.29) is 17.8 Å². The Bertz CT molecular complexity index is 1090. The molecule has 0 amide bonds. The van der Waals surface area contributed by atoms with Crippen LogP contribution in [0.2, 0.25) is 0 Å². The lowest BCUT2D eigenvalue weighted by Gasteiger charge is -2.35. The summed E-state index contributed by atoms with van der Waals surface area (Å²) in [4.78, 5) is 0. The highest BCUT2D eigenvalue weighted by Gasteiger charge is 2.95. The van der Waals surface area contributed by atoms with Gasteiger partial charge in [-0.25, -0.2) is 0 Å². The molecule has 0 aromatic heterocycles. The van der Waals surface area contributed by atoms with E-state index in [2.05, 4.69) is 19.1 Å². The molecule has 2 saturated carbocycles. The molecule has 1 aliphatic heterocycles. The van der Waals surface area contributed by atoms with Crippen LogP contribution < -0.4 is 0 Å². The van der Waals surface area contributed by atoms with E-state index in [0.29, 0.717) is 0 Å². The van der Waals surface area contributed by atoms with Crippen molar-refractivity contribution in [2.24, 2.45) is 11.8 Å². The molecule has 5 heteroatoms. The maximum absolute atomic E-state index is 7.08. The largest absolute Gasteiger partial charge is 0.352 e. The first-order chi connectivity index (χ1) is 14.8. The SMILES string of the molecule is Cc1ccccc1C1[C@H]2C(Cl)(Cl)[C@@]2(c2ccccc2)O[C@@]2(c3ccccc3)[C@@H]1C2(Cl)Cl. The van der Waals surface area contributed by atoms with Crippen molar-refractivity contribution in [3.05, 3.63) is 107 Å². The molecular formula is C26H20Cl4O.